The minimum Gasteiger partial charge on any atom is -0.295 e. The van der Waals surface area contributed by atoms with E-state index in [1.807, 2.05) is 25.1 Å². The molecule has 0 spiro atoms. The first-order valence-electron chi connectivity index (χ1n) is 5.67. The Morgan fingerprint density at radius 2 is 1.94 bits per heavy atom. The van der Waals surface area contributed by atoms with Gasteiger partial charge in [0.05, 0.1) is 0 Å². The molecule has 84 valence electrons. The summed E-state index contributed by atoms with van der Waals surface area (Å²) in [5.41, 5.74) is 3.29. The average Bonchev–Trinajstić information content (AvgIpc) is 2.47. The van der Waals surface area contributed by atoms with Gasteiger partial charge in [-0.1, -0.05) is 23.7 Å². The first-order valence-corrected chi connectivity index (χ1v) is 6.04. The van der Waals surface area contributed by atoms with Crippen LogP contribution in [-0.4, -0.2) is 5.78 Å². The highest BCUT2D eigenvalue weighted by Crippen LogP contribution is 2.27. The molecule has 2 heteroatoms. The quantitative estimate of drug-likeness (QED) is 0.713. The normalized spacial score (nSPS) is 16.9. The third-order valence-corrected chi connectivity index (χ3v) is 3.40. The van der Waals surface area contributed by atoms with Gasteiger partial charge >= 0.3 is 0 Å². The number of rotatable bonds is 1. The smallest absolute Gasteiger partial charge is 0.155 e. The van der Waals surface area contributed by atoms with Crippen LogP contribution in [0.5, 0.6) is 0 Å². The molecule has 1 nitrogen and oxygen atoms in total. The number of hydrogen-bond acceptors (Lipinski definition) is 1. The summed E-state index contributed by atoms with van der Waals surface area (Å²) in [7, 11) is 0. The zero-order chi connectivity index (χ0) is 11.5. The number of aryl methyl sites for hydroxylation is 1. The van der Waals surface area contributed by atoms with Gasteiger partial charge in [0.25, 0.3) is 0 Å². The zero-order valence-corrected chi connectivity index (χ0v) is 10.2. The van der Waals surface area contributed by atoms with Gasteiger partial charge in [-0.15, -0.1) is 0 Å². The van der Waals surface area contributed by atoms with Crippen LogP contribution in [0, 0.1) is 6.92 Å². The van der Waals surface area contributed by atoms with Crippen molar-refractivity contribution in [1.29, 1.82) is 0 Å². The zero-order valence-electron chi connectivity index (χ0n) is 9.42. The Balaban J connectivity index is 2.35. The molecule has 0 aliphatic heterocycles. The molecule has 0 saturated carbocycles. The van der Waals surface area contributed by atoms with E-state index in [0.29, 0.717) is 6.42 Å². The molecule has 0 unspecified atom stereocenters. The Hall–Kier alpha value is -1.08. The van der Waals surface area contributed by atoms with Crippen LogP contribution in [0.3, 0.4) is 0 Å². The second kappa shape index (κ2) is 4.84. The fraction of sp³-hybridized carbons (Fsp3) is 0.357. The fourth-order valence-electron chi connectivity index (χ4n) is 1.97. The average molecular weight is 235 g/mol. The van der Waals surface area contributed by atoms with Crippen molar-refractivity contribution in [3.63, 3.8) is 0 Å². The summed E-state index contributed by atoms with van der Waals surface area (Å²) in [6, 6.07) is 6.01. The molecule has 0 saturated heterocycles. The Labute approximate surface area is 101 Å². The molecule has 0 fully saturated rings. The van der Waals surface area contributed by atoms with Crippen molar-refractivity contribution in [3.05, 3.63) is 40.4 Å². The minimum atomic E-state index is 0.240. The van der Waals surface area contributed by atoms with Crippen molar-refractivity contribution in [1.82, 2.24) is 0 Å². The van der Waals surface area contributed by atoms with E-state index < -0.39 is 0 Å². The lowest BCUT2D eigenvalue weighted by atomic mass is 10.0. The van der Waals surface area contributed by atoms with Crippen LogP contribution in [-0.2, 0) is 4.79 Å². The topological polar surface area (TPSA) is 17.1 Å². The number of hydrogen-bond donors (Lipinski definition) is 0. The van der Waals surface area contributed by atoms with Crippen LogP contribution in [0.25, 0.3) is 5.57 Å². The third-order valence-electron chi connectivity index (χ3n) is 3.00. The summed E-state index contributed by atoms with van der Waals surface area (Å²) in [5, 5.41) is 0.773. The molecule has 0 aromatic heterocycles. The summed E-state index contributed by atoms with van der Waals surface area (Å²) < 4.78 is 0. The van der Waals surface area contributed by atoms with E-state index in [-0.39, 0.29) is 5.78 Å². The molecule has 1 aliphatic rings. The van der Waals surface area contributed by atoms with Crippen LogP contribution in [0.1, 0.15) is 36.8 Å². The summed E-state index contributed by atoms with van der Waals surface area (Å²) >= 11 is 6.10. The summed E-state index contributed by atoms with van der Waals surface area (Å²) in [6.07, 6.45) is 5.53. The maximum Gasteiger partial charge on any atom is 0.155 e. The van der Waals surface area contributed by atoms with Crippen LogP contribution in [0.15, 0.2) is 24.3 Å². The predicted octanol–water partition coefficient (Wildman–Crippen LogP) is 4.17. The number of carbonyl (C=O) groups excluding carboxylic acids is 1. The number of halogens is 1. The minimum absolute atomic E-state index is 0.240. The van der Waals surface area contributed by atoms with Gasteiger partial charge < -0.3 is 0 Å². The second-order valence-electron chi connectivity index (χ2n) is 4.31. The van der Waals surface area contributed by atoms with Crippen LogP contribution >= 0.6 is 11.6 Å². The van der Waals surface area contributed by atoms with Gasteiger partial charge in [-0.3, -0.25) is 4.79 Å². The maximum atomic E-state index is 11.5. The van der Waals surface area contributed by atoms with Gasteiger partial charge in [0.1, 0.15) is 0 Å². The van der Waals surface area contributed by atoms with Crippen LogP contribution in [0.4, 0.5) is 0 Å². The van der Waals surface area contributed by atoms with Crippen LogP contribution < -0.4 is 0 Å². The summed E-state index contributed by atoms with van der Waals surface area (Å²) in [6.45, 7) is 1.98. The van der Waals surface area contributed by atoms with Gasteiger partial charge in [-0.25, -0.2) is 0 Å². The predicted molar refractivity (Wildman–Crippen MR) is 67.6 cm³/mol. The van der Waals surface area contributed by atoms with Crippen molar-refractivity contribution >= 4 is 23.0 Å². The molecule has 16 heavy (non-hydrogen) atoms. The lowest BCUT2D eigenvalue weighted by Gasteiger charge is -2.07. The Morgan fingerprint density at radius 1 is 1.19 bits per heavy atom. The Morgan fingerprint density at radius 3 is 2.69 bits per heavy atom. The van der Waals surface area contributed by atoms with E-state index >= 15 is 0 Å². The van der Waals surface area contributed by atoms with Gasteiger partial charge in [-0.05, 0) is 55.0 Å². The third kappa shape index (κ3) is 2.53. The summed E-state index contributed by atoms with van der Waals surface area (Å²) in [5.74, 6) is 0.240. The van der Waals surface area contributed by atoms with E-state index in [9.17, 15) is 4.79 Å². The highest BCUT2D eigenvalue weighted by atomic mass is 35.5. The van der Waals surface area contributed by atoms with Crippen molar-refractivity contribution in [2.45, 2.75) is 32.6 Å². The molecule has 1 aliphatic carbocycles. The standard InChI is InChI=1S/C14H15ClO/c1-10-6-7-12(9-14(10)15)11-4-2-3-5-13(16)8-11/h6-9H,2-5H2,1H3. The van der Waals surface area contributed by atoms with Crippen molar-refractivity contribution in [3.8, 4) is 0 Å². The maximum absolute atomic E-state index is 11.5. The molecule has 1 aromatic carbocycles. The van der Waals surface area contributed by atoms with Crippen molar-refractivity contribution in [2.24, 2.45) is 0 Å². The molecule has 1 aromatic rings. The van der Waals surface area contributed by atoms with Gasteiger partial charge in [0.15, 0.2) is 5.78 Å². The molecular weight excluding hydrogens is 220 g/mol. The van der Waals surface area contributed by atoms with E-state index in [4.69, 9.17) is 11.6 Å². The monoisotopic (exact) mass is 234 g/mol. The number of allylic oxidation sites excluding steroid dienone is 2. The molecule has 0 N–H and O–H groups in total. The van der Waals surface area contributed by atoms with E-state index in [0.717, 1.165) is 41.0 Å². The van der Waals surface area contributed by atoms with E-state index in [1.54, 1.807) is 6.08 Å². The molecule has 0 amide bonds. The fourth-order valence-corrected chi connectivity index (χ4v) is 2.15. The van der Waals surface area contributed by atoms with Gasteiger partial charge in [0.2, 0.25) is 0 Å². The largest absolute Gasteiger partial charge is 0.295 e. The lowest BCUT2D eigenvalue weighted by Crippen LogP contribution is -1.91. The second-order valence-corrected chi connectivity index (χ2v) is 4.71. The SMILES string of the molecule is Cc1ccc(C2=CC(=O)CCCC2)cc1Cl. The Bertz CT molecular complexity index is 446. The molecule has 0 atom stereocenters. The van der Waals surface area contributed by atoms with Crippen molar-refractivity contribution < 1.29 is 4.79 Å². The first kappa shape index (κ1) is 11.4. The molecule has 0 bridgehead atoms. The highest BCUT2D eigenvalue weighted by molar-refractivity contribution is 6.31. The molecular formula is C14H15ClO. The van der Waals surface area contributed by atoms with Gasteiger partial charge in [-0.2, -0.15) is 0 Å². The van der Waals surface area contributed by atoms with Gasteiger partial charge in [0, 0.05) is 11.4 Å². The number of carbonyl (C=O) groups is 1. The van der Waals surface area contributed by atoms with Crippen molar-refractivity contribution in [2.75, 3.05) is 0 Å². The van der Waals surface area contributed by atoms with E-state index in [1.165, 1.54) is 0 Å². The number of benzene rings is 1. The molecule has 0 heterocycles. The first-order chi connectivity index (χ1) is 7.66. The van der Waals surface area contributed by atoms with E-state index in [2.05, 4.69) is 0 Å². The Kier molecular flexibility index (Phi) is 3.45. The number of ketones is 1. The lowest BCUT2D eigenvalue weighted by molar-refractivity contribution is -0.114. The van der Waals surface area contributed by atoms with Crippen LogP contribution in [0.2, 0.25) is 5.02 Å². The summed E-state index contributed by atoms with van der Waals surface area (Å²) in [4.78, 5) is 11.5. The molecule has 2 rings (SSSR count). The highest BCUT2D eigenvalue weighted by Gasteiger charge is 2.10. The molecule has 0 radical (unpaired) electrons.